The molecule has 4 nitrogen and oxygen atoms in total. The van der Waals surface area contributed by atoms with Crippen LogP contribution < -0.4 is 14.8 Å². The van der Waals surface area contributed by atoms with Crippen molar-refractivity contribution >= 4 is 11.3 Å². The normalized spacial score (nSPS) is 14.2. The topological polar surface area (TPSA) is 43.4 Å². The Kier molecular flexibility index (Phi) is 4.12. The second-order valence-electron chi connectivity index (χ2n) is 5.25. The highest BCUT2D eigenvalue weighted by atomic mass is 32.1. The van der Waals surface area contributed by atoms with Crippen LogP contribution in [0.15, 0.2) is 18.2 Å². The van der Waals surface area contributed by atoms with E-state index < -0.39 is 0 Å². The van der Waals surface area contributed by atoms with E-state index in [2.05, 4.69) is 23.3 Å². The van der Waals surface area contributed by atoms with E-state index in [1.807, 2.05) is 12.1 Å². The Labute approximate surface area is 129 Å². The summed E-state index contributed by atoms with van der Waals surface area (Å²) in [6, 6.07) is 6.71. The van der Waals surface area contributed by atoms with Gasteiger partial charge in [0.05, 0.1) is 24.8 Å². The first-order valence-electron chi connectivity index (χ1n) is 7.13. The smallest absolute Gasteiger partial charge is 0.161 e. The molecule has 1 heterocycles. The number of hydrogen-bond donors (Lipinski definition) is 1. The van der Waals surface area contributed by atoms with E-state index in [4.69, 9.17) is 9.47 Å². The van der Waals surface area contributed by atoms with Crippen LogP contribution in [0.2, 0.25) is 0 Å². The molecule has 1 N–H and O–H groups in total. The zero-order chi connectivity index (χ0) is 14.8. The Hall–Kier alpha value is -1.59. The van der Waals surface area contributed by atoms with Gasteiger partial charge in [0.1, 0.15) is 5.01 Å². The number of benzene rings is 1. The number of thiazole rings is 1. The molecule has 0 saturated heterocycles. The maximum Gasteiger partial charge on any atom is 0.161 e. The number of nitrogens with zero attached hydrogens (tertiary/aromatic N) is 1. The average Bonchev–Trinajstić information content (AvgIpc) is 3.26. The Morgan fingerprint density at radius 3 is 2.67 bits per heavy atom. The van der Waals surface area contributed by atoms with Crippen molar-refractivity contribution in [3.8, 4) is 21.9 Å². The van der Waals surface area contributed by atoms with Crippen molar-refractivity contribution in [3.63, 3.8) is 0 Å². The van der Waals surface area contributed by atoms with Crippen molar-refractivity contribution in [2.45, 2.75) is 32.4 Å². The summed E-state index contributed by atoms with van der Waals surface area (Å²) in [6.45, 7) is 2.92. The number of ether oxygens (including phenoxy) is 2. The second kappa shape index (κ2) is 6.03. The molecule has 21 heavy (non-hydrogen) atoms. The third-order valence-electron chi connectivity index (χ3n) is 3.61. The Bertz CT molecular complexity index is 635. The fourth-order valence-corrected chi connectivity index (χ4v) is 3.30. The van der Waals surface area contributed by atoms with Crippen LogP contribution in [0.5, 0.6) is 11.5 Å². The third-order valence-corrected chi connectivity index (χ3v) is 4.81. The van der Waals surface area contributed by atoms with Crippen molar-refractivity contribution in [3.05, 3.63) is 28.9 Å². The van der Waals surface area contributed by atoms with Gasteiger partial charge in [0, 0.05) is 12.6 Å². The summed E-state index contributed by atoms with van der Waals surface area (Å²) in [5.41, 5.74) is 2.19. The standard InChI is InChI=1S/C16H20N2O2S/c1-10-16(21-15(18-10)9-17-12-5-6-12)11-4-7-13(19-2)14(8-11)20-3/h4,7-8,12,17H,5-6,9H2,1-3H3. The Morgan fingerprint density at radius 1 is 1.24 bits per heavy atom. The zero-order valence-corrected chi connectivity index (χ0v) is 13.4. The van der Waals surface area contributed by atoms with E-state index in [1.165, 1.54) is 17.7 Å². The molecule has 1 saturated carbocycles. The predicted molar refractivity (Wildman–Crippen MR) is 85.3 cm³/mol. The SMILES string of the molecule is COc1ccc(-c2sc(CNC3CC3)nc2C)cc1OC. The van der Waals surface area contributed by atoms with Gasteiger partial charge in [0.15, 0.2) is 11.5 Å². The summed E-state index contributed by atoms with van der Waals surface area (Å²) < 4.78 is 10.7. The fraction of sp³-hybridized carbons (Fsp3) is 0.438. The van der Waals surface area contributed by atoms with E-state index in [0.29, 0.717) is 6.04 Å². The lowest BCUT2D eigenvalue weighted by Gasteiger charge is -2.08. The molecule has 0 amide bonds. The fourth-order valence-electron chi connectivity index (χ4n) is 2.29. The number of methoxy groups -OCH3 is 2. The van der Waals surface area contributed by atoms with Gasteiger partial charge < -0.3 is 14.8 Å². The van der Waals surface area contributed by atoms with E-state index in [1.54, 1.807) is 25.6 Å². The van der Waals surface area contributed by atoms with Gasteiger partial charge in [-0.2, -0.15) is 0 Å². The molecule has 112 valence electrons. The highest BCUT2D eigenvalue weighted by molar-refractivity contribution is 7.15. The maximum atomic E-state index is 5.38. The van der Waals surface area contributed by atoms with Crippen molar-refractivity contribution in [2.75, 3.05) is 14.2 Å². The molecule has 5 heteroatoms. The van der Waals surface area contributed by atoms with Gasteiger partial charge in [-0.15, -0.1) is 11.3 Å². The molecule has 1 aliphatic rings. The van der Waals surface area contributed by atoms with Crippen molar-refractivity contribution < 1.29 is 9.47 Å². The van der Waals surface area contributed by atoms with Crippen molar-refractivity contribution in [1.29, 1.82) is 0 Å². The summed E-state index contributed by atoms with van der Waals surface area (Å²) >= 11 is 1.75. The minimum Gasteiger partial charge on any atom is -0.493 e. The summed E-state index contributed by atoms with van der Waals surface area (Å²) in [4.78, 5) is 5.87. The molecule has 1 fully saturated rings. The molecule has 0 aliphatic heterocycles. The van der Waals surface area contributed by atoms with Crippen LogP contribution in [0, 0.1) is 6.92 Å². The van der Waals surface area contributed by atoms with Crippen LogP contribution in [0.4, 0.5) is 0 Å². The summed E-state index contributed by atoms with van der Waals surface area (Å²) in [5.74, 6) is 1.50. The van der Waals surface area contributed by atoms with Gasteiger partial charge in [-0.25, -0.2) is 4.98 Å². The van der Waals surface area contributed by atoms with Gasteiger partial charge >= 0.3 is 0 Å². The first-order valence-corrected chi connectivity index (χ1v) is 7.95. The van der Waals surface area contributed by atoms with Gasteiger partial charge in [0.25, 0.3) is 0 Å². The largest absolute Gasteiger partial charge is 0.493 e. The van der Waals surface area contributed by atoms with Gasteiger partial charge in [0.2, 0.25) is 0 Å². The summed E-state index contributed by atoms with van der Waals surface area (Å²) in [5, 5.41) is 4.65. The van der Waals surface area contributed by atoms with Gasteiger partial charge in [-0.05, 0) is 43.5 Å². The average molecular weight is 304 g/mol. The molecule has 0 unspecified atom stereocenters. The number of rotatable bonds is 6. The molecular weight excluding hydrogens is 284 g/mol. The minimum absolute atomic E-state index is 0.707. The van der Waals surface area contributed by atoms with Crippen LogP contribution in [0.1, 0.15) is 23.5 Å². The van der Waals surface area contributed by atoms with Crippen LogP contribution in [0.3, 0.4) is 0 Å². The number of aromatic nitrogens is 1. The third kappa shape index (κ3) is 3.19. The zero-order valence-electron chi connectivity index (χ0n) is 12.6. The van der Waals surface area contributed by atoms with Crippen molar-refractivity contribution in [2.24, 2.45) is 0 Å². The maximum absolute atomic E-state index is 5.38. The molecule has 3 rings (SSSR count). The second-order valence-corrected chi connectivity index (χ2v) is 6.33. The first-order chi connectivity index (χ1) is 10.2. The lowest BCUT2D eigenvalue weighted by molar-refractivity contribution is 0.355. The number of aryl methyl sites for hydroxylation is 1. The molecule has 1 aliphatic carbocycles. The van der Waals surface area contributed by atoms with E-state index >= 15 is 0 Å². The highest BCUT2D eigenvalue weighted by Gasteiger charge is 2.21. The van der Waals surface area contributed by atoms with Gasteiger partial charge in [-0.3, -0.25) is 0 Å². The number of nitrogens with one attached hydrogen (secondary N) is 1. The highest BCUT2D eigenvalue weighted by Crippen LogP contribution is 2.36. The van der Waals surface area contributed by atoms with E-state index in [0.717, 1.165) is 34.3 Å². The minimum atomic E-state index is 0.707. The lowest BCUT2D eigenvalue weighted by Crippen LogP contribution is -2.14. The quantitative estimate of drug-likeness (QED) is 0.888. The Balaban J connectivity index is 1.84. The molecule has 0 bridgehead atoms. The molecule has 1 aromatic heterocycles. The van der Waals surface area contributed by atoms with E-state index in [9.17, 15) is 0 Å². The molecule has 0 spiro atoms. The van der Waals surface area contributed by atoms with Crippen LogP contribution >= 0.6 is 11.3 Å². The number of hydrogen-bond acceptors (Lipinski definition) is 5. The lowest BCUT2D eigenvalue weighted by atomic mass is 10.1. The summed E-state index contributed by atoms with van der Waals surface area (Å²) in [6.07, 6.45) is 2.60. The van der Waals surface area contributed by atoms with Crippen LogP contribution in [-0.2, 0) is 6.54 Å². The monoisotopic (exact) mass is 304 g/mol. The van der Waals surface area contributed by atoms with Crippen LogP contribution in [0.25, 0.3) is 10.4 Å². The Morgan fingerprint density at radius 2 is 2.00 bits per heavy atom. The first kappa shape index (κ1) is 14.4. The van der Waals surface area contributed by atoms with Crippen molar-refractivity contribution in [1.82, 2.24) is 10.3 Å². The molecule has 1 aromatic carbocycles. The molecular formula is C16H20N2O2S. The predicted octanol–water partition coefficient (Wildman–Crippen LogP) is 3.39. The molecule has 0 atom stereocenters. The molecule has 2 aromatic rings. The van der Waals surface area contributed by atoms with E-state index in [-0.39, 0.29) is 0 Å². The molecule has 0 radical (unpaired) electrons. The van der Waals surface area contributed by atoms with Crippen LogP contribution in [-0.4, -0.2) is 25.2 Å². The summed E-state index contributed by atoms with van der Waals surface area (Å²) in [7, 11) is 3.31. The van der Waals surface area contributed by atoms with Gasteiger partial charge in [-0.1, -0.05) is 0 Å².